The van der Waals surface area contributed by atoms with E-state index in [0.29, 0.717) is 24.6 Å². The van der Waals surface area contributed by atoms with Gasteiger partial charge in [0, 0.05) is 17.9 Å². The lowest BCUT2D eigenvalue weighted by Gasteiger charge is -2.10. The van der Waals surface area contributed by atoms with Crippen molar-refractivity contribution < 1.29 is 9.53 Å². The van der Waals surface area contributed by atoms with Crippen LogP contribution in [-0.2, 0) is 12.8 Å². The number of hydrogen-bond donors (Lipinski definition) is 2. The average molecular weight is 390 g/mol. The number of amides is 1. The first-order valence-corrected chi connectivity index (χ1v) is 9.70. The topological polar surface area (TPSA) is 76.1 Å². The molecule has 0 saturated carbocycles. The molecule has 1 aromatic heterocycles. The largest absolute Gasteiger partial charge is 0.497 e. The van der Waals surface area contributed by atoms with Crippen molar-refractivity contribution >= 4 is 17.5 Å². The van der Waals surface area contributed by atoms with Gasteiger partial charge >= 0.3 is 0 Å². The van der Waals surface area contributed by atoms with Gasteiger partial charge in [-0.25, -0.2) is 9.97 Å². The lowest BCUT2D eigenvalue weighted by atomic mass is 10.1. The molecule has 0 spiro atoms. The predicted molar refractivity (Wildman–Crippen MR) is 115 cm³/mol. The highest BCUT2D eigenvalue weighted by Crippen LogP contribution is 2.16. The second kappa shape index (κ2) is 9.68. The fourth-order valence-corrected chi connectivity index (χ4v) is 2.93. The second-order valence-corrected chi connectivity index (χ2v) is 6.75. The molecule has 150 valence electrons. The molecule has 6 heteroatoms. The summed E-state index contributed by atoms with van der Waals surface area (Å²) in [6, 6.07) is 17.6. The summed E-state index contributed by atoms with van der Waals surface area (Å²) in [5.74, 6) is 0.998. The third-order valence-corrected chi connectivity index (χ3v) is 4.54. The van der Waals surface area contributed by atoms with Crippen molar-refractivity contribution in [2.45, 2.75) is 26.7 Å². The lowest BCUT2D eigenvalue weighted by Crippen LogP contribution is -2.27. The number of nitrogens with one attached hydrogen (secondary N) is 2. The van der Waals surface area contributed by atoms with Crippen LogP contribution in [-0.4, -0.2) is 29.5 Å². The number of carbonyl (C=O) groups excluding carboxylic acids is 1. The Hall–Kier alpha value is -3.41. The molecule has 0 aliphatic heterocycles. The van der Waals surface area contributed by atoms with Crippen LogP contribution in [0.25, 0.3) is 0 Å². The molecule has 29 heavy (non-hydrogen) atoms. The van der Waals surface area contributed by atoms with Crippen LogP contribution in [0.4, 0.5) is 11.6 Å². The van der Waals surface area contributed by atoms with Gasteiger partial charge in [0.2, 0.25) is 5.95 Å². The molecule has 1 heterocycles. The van der Waals surface area contributed by atoms with Gasteiger partial charge < -0.3 is 15.4 Å². The number of nitrogens with zero attached hydrogens (tertiary/aromatic N) is 2. The molecule has 0 unspecified atom stereocenters. The molecule has 1 amide bonds. The Kier molecular flexibility index (Phi) is 6.79. The fraction of sp³-hybridized carbons (Fsp3) is 0.261. The first-order valence-electron chi connectivity index (χ1n) is 9.70. The third-order valence-electron chi connectivity index (χ3n) is 4.54. The molecule has 3 aromatic rings. The second-order valence-electron chi connectivity index (χ2n) is 6.75. The summed E-state index contributed by atoms with van der Waals surface area (Å²) in [5, 5.41) is 6.09. The van der Waals surface area contributed by atoms with Crippen LogP contribution in [0.15, 0.2) is 54.6 Å². The minimum atomic E-state index is -0.220. The molecule has 6 nitrogen and oxygen atoms in total. The number of hydrogen-bond acceptors (Lipinski definition) is 5. The lowest BCUT2D eigenvalue weighted by molar-refractivity contribution is 0.0949. The molecule has 0 aliphatic rings. The minimum absolute atomic E-state index is 0.220. The molecular formula is C23H26N4O2. The van der Waals surface area contributed by atoms with Crippen LogP contribution < -0.4 is 15.4 Å². The number of methoxy groups -OCH3 is 1. The SMILES string of the molecule is CCc1ccc(Nc2nc(C)cc(C(=O)NCCc3cccc(OC)c3)n2)cc1. The van der Waals surface area contributed by atoms with Crippen LogP contribution >= 0.6 is 0 Å². The van der Waals surface area contributed by atoms with Gasteiger partial charge in [-0.3, -0.25) is 4.79 Å². The normalized spacial score (nSPS) is 10.4. The zero-order valence-corrected chi connectivity index (χ0v) is 17.0. The van der Waals surface area contributed by atoms with Crippen molar-refractivity contribution in [3.05, 3.63) is 77.1 Å². The van der Waals surface area contributed by atoms with Gasteiger partial charge in [0.1, 0.15) is 11.4 Å². The maximum absolute atomic E-state index is 12.5. The van der Waals surface area contributed by atoms with E-state index in [2.05, 4.69) is 39.7 Å². The maximum Gasteiger partial charge on any atom is 0.270 e. The summed E-state index contributed by atoms with van der Waals surface area (Å²) in [5.41, 5.74) is 4.32. The van der Waals surface area contributed by atoms with Crippen LogP contribution in [0.3, 0.4) is 0 Å². The smallest absolute Gasteiger partial charge is 0.270 e. The number of ether oxygens (including phenoxy) is 1. The van der Waals surface area contributed by atoms with E-state index in [-0.39, 0.29) is 5.91 Å². The van der Waals surface area contributed by atoms with E-state index in [1.807, 2.05) is 43.3 Å². The molecular weight excluding hydrogens is 364 g/mol. The first kappa shape index (κ1) is 20.3. The number of rotatable bonds is 8. The number of benzene rings is 2. The molecule has 0 bridgehead atoms. The number of aryl methyl sites for hydroxylation is 2. The molecule has 0 saturated heterocycles. The van der Waals surface area contributed by atoms with E-state index >= 15 is 0 Å². The highest BCUT2D eigenvalue weighted by atomic mass is 16.5. The quantitative estimate of drug-likeness (QED) is 0.606. The molecule has 0 fully saturated rings. The van der Waals surface area contributed by atoms with E-state index in [0.717, 1.165) is 29.1 Å². The van der Waals surface area contributed by atoms with Gasteiger partial charge in [-0.05, 0) is 61.2 Å². The van der Waals surface area contributed by atoms with Crippen molar-refractivity contribution in [1.82, 2.24) is 15.3 Å². The van der Waals surface area contributed by atoms with E-state index in [1.54, 1.807) is 13.2 Å². The summed E-state index contributed by atoms with van der Waals surface area (Å²) in [6.45, 7) is 4.47. The molecule has 0 aliphatic carbocycles. The summed E-state index contributed by atoms with van der Waals surface area (Å²) in [4.78, 5) is 21.3. The first-order chi connectivity index (χ1) is 14.1. The number of anilines is 2. The summed E-state index contributed by atoms with van der Waals surface area (Å²) in [7, 11) is 1.64. The maximum atomic E-state index is 12.5. The summed E-state index contributed by atoms with van der Waals surface area (Å²) >= 11 is 0. The molecule has 2 N–H and O–H groups in total. The average Bonchev–Trinajstić information content (AvgIpc) is 2.74. The van der Waals surface area contributed by atoms with Crippen LogP contribution in [0.2, 0.25) is 0 Å². The zero-order valence-electron chi connectivity index (χ0n) is 17.0. The van der Waals surface area contributed by atoms with Crippen molar-refractivity contribution in [3.63, 3.8) is 0 Å². The Labute approximate surface area is 171 Å². The Morgan fingerprint density at radius 2 is 1.83 bits per heavy atom. The van der Waals surface area contributed by atoms with Crippen molar-refractivity contribution in [2.75, 3.05) is 19.0 Å². The highest BCUT2D eigenvalue weighted by molar-refractivity contribution is 5.92. The molecule has 2 aromatic carbocycles. The summed E-state index contributed by atoms with van der Waals surface area (Å²) < 4.78 is 5.23. The zero-order chi connectivity index (χ0) is 20.6. The van der Waals surface area contributed by atoms with E-state index in [1.165, 1.54) is 5.56 Å². The Bertz CT molecular complexity index is 971. The Morgan fingerprint density at radius 3 is 2.55 bits per heavy atom. The molecule has 3 rings (SSSR count). The standard InChI is InChI=1S/C23H26N4O2/c1-4-17-8-10-19(11-9-17)26-23-25-16(2)14-21(27-23)22(28)24-13-12-18-6-5-7-20(15-18)29-3/h5-11,14-15H,4,12-13H2,1-3H3,(H,24,28)(H,25,26,27). The van der Waals surface area contributed by atoms with Gasteiger partial charge in [0.15, 0.2) is 0 Å². The van der Waals surface area contributed by atoms with Crippen LogP contribution in [0.1, 0.15) is 34.2 Å². The van der Waals surface area contributed by atoms with E-state index in [9.17, 15) is 4.79 Å². The van der Waals surface area contributed by atoms with Gasteiger partial charge in [0.25, 0.3) is 5.91 Å². The third kappa shape index (κ3) is 5.78. The van der Waals surface area contributed by atoms with Gasteiger partial charge in [0.05, 0.1) is 7.11 Å². The highest BCUT2D eigenvalue weighted by Gasteiger charge is 2.11. The Morgan fingerprint density at radius 1 is 1.03 bits per heavy atom. The fourth-order valence-electron chi connectivity index (χ4n) is 2.93. The monoisotopic (exact) mass is 390 g/mol. The van der Waals surface area contributed by atoms with Crippen LogP contribution in [0, 0.1) is 6.92 Å². The Balaban J connectivity index is 1.62. The molecule has 0 atom stereocenters. The summed E-state index contributed by atoms with van der Waals surface area (Å²) in [6.07, 6.45) is 1.70. The van der Waals surface area contributed by atoms with Gasteiger partial charge in [-0.1, -0.05) is 31.2 Å². The number of aromatic nitrogens is 2. The van der Waals surface area contributed by atoms with Crippen molar-refractivity contribution in [3.8, 4) is 5.75 Å². The van der Waals surface area contributed by atoms with E-state index < -0.39 is 0 Å². The van der Waals surface area contributed by atoms with Crippen molar-refractivity contribution in [1.29, 1.82) is 0 Å². The van der Waals surface area contributed by atoms with Crippen molar-refractivity contribution in [2.24, 2.45) is 0 Å². The van der Waals surface area contributed by atoms with E-state index in [4.69, 9.17) is 4.74 Å². The van der Waals surface area contributed by atoms with Crippen LogP contribution in [0.5, 0.6) is 5.75 Å². The predicted octanol–water partition coefficient (Wildman–Crippen LogP) is 4.07. The minimum Gasteiger partial charge on any atom is -0.497 e. The van der Waals surface area contributed by atoms with Gasteiger partial charge in [-0.2, -0.15) is 0 Å². The molecule has 0 radical (unpaired) electrons. The van der Waals surface area contributed by atoms with Gasteiger partial charge in [-0.15, -0.1) is 0 Å². The number of carbonyl (C=O) groups is 1.